The fourth-order valence-electron chi connectivity index (χ4n) is 2.91. The largest absolute Gasteiger partial charge is 0.497 e. The normalized spacial score (nSPS) is 10.7. The Morgan fingerprint density at radius 3 is 2.59 bits per heavy atom. The fraction of sp³-hybridized carbons (Fsp3) is 0.0952. The first kappa shape index (κ1) is 17.2. The topological polar surface area (TPSA) is 64.1 Å². The van der Waals surface area contributed by atoms with E-state index in [4.69, 9.17) is 4.74 Å². The molecule has 3 aromatic carbocycles. The highest BCUT2D eigenvalue weighted by atomic mass is 32.1. The smallest absolute Gasteiger partial charge is 0.230 e. The van der Waals surface area contributed by atoms with Crippen molar-refractivity contribution in [3.8, 4) is 16.3 Å². The highest BCUT2D eigenvalue weighted by Crippen LogP contribution is 2.28. The van der Waals surface area contributed by atoms with E-state index in [9.17, 15) is 4.79 Å². The number of aromatic nitrogens is 2. The maximum absolute atomic E-state index is 12.5. The molecule has 1 N–H and O–H groups in total. The summed E-state index contributed by atoms with van der Waals surface area (Å²) < 4.78 is 5.16. The van der Waals surface area contributed by atoms with Crippen LogP contribution in [-0.4, -0.2) is 23.2 Å². The van der Waals surface area contributed by atoms with Crippen LogP contribution in [0.3, 0.4) is 0 Å². The van der Waals surface area contributed by atoms with E-state index >= 15 is 0 Å². The van der Waals surface area contributed by atoms with E-state index in [2.05, 4.69) is 15.5 Å². The van der Waals surface area contributed by atoms with Gasteiger partial charge in [0.15, 0.2) is 0 Å². The van der Waals surface area contributed by atoms with Crippen molar-refractivity contribution in [2.45, 2.75) is 6.42 Å². The molecule has 4 rings (SSSR count). The number of anilines is 1. The lowest BCUT2D eigenvalue weighted by atomic mass is 10.0. The third-order valence-electron chi connectivity index (χ3n) is 4.24. The van der Waals surface area contributed by atoms with Crippen LogP contribution in [-0.2, 0) is 11.2 Å². The summed E-state index contributed by atoms with van der Waals surface area (Å²) in [6.45, 7) is 0. The first-order valence-corrected chi connectivity index (χ1v) is 9.29. The van der Waals surface area contributed by atoms with Gasteiger partial charge in [0.2, 0.25) is 11.0 Å². The average molecular weight is 375 g/mol. The second-order valence-corrected chi connectivity index (χ2v) is 6.98. The van der Waals surface area contributed by atoms with Crippen molar-refractivity contribution in [1.29, 1.82) is 0 Å². The van der Waals surface area contributed by atoms with Gasteiger partial charge in [-0.1, -0.05) is 53.8 Å². The number of hydrogen-bond acceptors (Lipinski definition) is 5. The lowest BCUT2D eigenvalue weighted by Gasteiger charge is -2.06. The molecule has 0 saturated heterocycles. The quantitative estimate of drug-likeness (QED) is 0.556. The summed E-state index contributed by atoms with van der Waals surface area (Å²) in [5.74, 6) is 0.677. The Balaban J connectivity index is 1.47. The highest BCUT2D eigenvalue weighted by Gasteiger charge is 2.11. The van der Waals surface area contributed by atoms with E-state index in [1.807, 2.05) is 66.7 Å². The zero-order chi connectivity index (χ0) is 18.6. The van der Waals surface area contributed by atoms with Crippen molar-refractivity contribution >= 4 is 33.1 Å². The Morgan fingerprint density at radius 1 is 1.00 bits per heavy atom. The Bertz CT molecular complexity index is 1080. The van der Waals surface area contributed by atoms with Crippen molar-refractivity contribution in [1.82, 2.24) is 10.2 Å². The molecule has 4 aromatic rings. The summed E-state index contributed by atoms with van der Waals surface area (Å²) in [6, 6.07) is 21.6. The monoisotopic (exact) mass is 375 g/mol. The van der Waals surface area contributed by atoms with Crippen molar-refractivity contribution in [2.24, 2.45) is 0 Å². The Labute approximate surface area is 160 Å². The molecule has 1 heterocycles. The lowest BCUT2D eigenvalue weighted by molar-refractivity contribution is -0.115. The predicted molar refractivity (Wildman–Crippen MR) is 108 cm³/mol. The van der Waals surface area contributed by atoms with E-state index in [1.54, 1.807) is 7.11 Å². The lowest BCUT2D eigenvalue weighted by Crippen LogP contribution is -2.14. The molecule has 0 fully saturated rings. The van der Waals surface area contributed by atoms with Gasteiger partial charge in [0, 0.05) is 5.56 Å². The zero-order valence-corrected chi connectivity index (χ0v) is 15.5. The van der Waals surface area contributed by atoms with Gasteiger partial charge in [-0.15, -0.1) is 10.2 Å². The van der Waals surface area contributed by atoms with E-state index < -0.39 is 0 Å². The fourth-order valence-corrected chi connectivity index (χ4v) is 3.67. The number of amides is 1. The second kappa shape index (κ2) is 7.55. The number of benzene rings is 3. The first-order valence-electron chi connectivity index (χ1n) is 8.47. The van der Waals surface area contributed by atoms with E-state index in [0.717, 1.165) is 32.7 Å². The third kappa shape index (κ3) is 3.80. The zero-order valence-electron chi connectivity index (χ0n) is 14.7. The van der Waals surface area contributed by atoms with Gasteiger partial charge in [-0.3, -0.25) is 4.79 Å². The summed E-state index contributed by atoms with van der Waals surface area (Å²) in [5, 5.41) is 14.6. The Morgan fingerprint density at radius 2 is 1.78 bits per heavy atom. The van der Waals surface area contributed by atoms with Crippen molar-refractivity contribution < 1.29 is 9.53 Å². The van der Waals surface area contributed by atoms with E-state index in [0.29, 0.717) is 11.6 Å². The van der Waals surface area contributed by atoms with E-state index in [-0.39, 0.29) is 5.91 Å². The molecule has 27 heavy (non-hydrogen) atoms. The number of nitrogens with one attached hydrogen (secondary N) is 1. The van der Waals surface area contributed by atoms with Crippen LogP contribution in [0.1, 0.15) is 5.56 Å². The van der Waals surface area contributed by atoms with Gasteiger partial charge in [0.25, 0.3) is 0 Å². The molecule has 0 saturated carbocycles. The van der Waals surface area contributed by atoms with Gasteiger partial charge in [-0.25, -0.2) is 0 Å². The molecule has 0 aliphatic heterocycles. The highest BCUT2D eigenvalue weighted by molar-refractivity contribution is 7.18. The summed E-state index contributed by atoms with van der Waals surface area (Å²) in [5.41, 5.74) is 1.92. The predicted octanol–water partition coefficient (Wildman–Crippen LogP) is 4.55. The number of methoxy groups -OCH3 is 1. The molecule has 1 aromatic heterocycles. The molecule has 6 heteroatoms. The third-order valence-corrected chi connectivity index (χ3v) is 5.13. The van der Waals surface area contributed by atoms with Crippen molar-refractivity contribution in [2.75, 3.05) is 12.4 Å². The average Bonchev–Trinajstić information content (AvgIpc) is 3.16. The molecule has 5 nitrogen and oxygen atoms in total. The SMILES string of the molecule is COc1ccc(-c2nnc(NC(=O)Cc3cccc4ccccc34)s2)cc1. The van der Waals surface area contributed by atoms with Crippen LogP contribution < -0.4 is 10.1 Å². The van der Waals surface area contributed by atoms with Gasteiger partial charge in [0.05, 0.1) is 13.5 Å². The summed E-state index contributed by atoms with van der Waals surface area (Å²) >= 11 is 1.35. The number of rotatable bonds is 5. The molecule has 0 radical (unpaired) electrons. The van der Waals surface area contributed by atoms with Crippen LogP contribution in [0.5, 0.6) is 5.75 Å². The molecule has 0 atom stereocenters. The molecule has 0 aliphatic carbocycles. The number of nitrogens with zero attached hydrogens (tertiary/aromatic N) is 2. The second-order valence-electron chi connectivity index (χ2n) is 6.00. The molecule has 0 bridgehead atoms. The minimum atomic E-state index is -0.108. The molecule has 0 unspecified atom stereocenters. The number of hydrogen-bond donors (Lipinski definition) is 1. The van der Waals surface area contributed by atoms with Crippen LogP contribution in [0.25, 0.3) is 21.3 Å². The van der Waals surface area contributed by atoms with Crippen LogP contribution >= 0.6 is 11.3 Å². The van der Waals surface area contributed by atoms with Gasteiger partial charge in [-0.05, 0) is 40.6 Å². The standard InChI is InChI=1S/C21H17N3O2S/c1-26-17-11-9-15(10-12-17)20-23-24-21(27-20)22-19(25)13-16-7-4-6-14-5-2-3-8-18(14)16/h2-12H,13H2,1H3,(H,22,24,25). The van der Waals surface area contributed by atoms with Crippen LogP contribution in [0.2, 0.25) is 0 Å². The minimum Gasteiger partial charge on any atom is -0.497 e. The maximum atomic E-state index is 12.5. The molecule has 134 valence electrons. The number of carbonyl (C=O) groups excluding carboxylic acids is 1. The van der Waals surface area contributed by atoms with Crippen molar-refractivity contribution in [3.63, 3.8) is 0 Å². The summed E-state index contributed by atoms with van der Waals surface area (Å²) in [7, 11) is 1.63. The van der Waals surface area contributed by atoms with E-state index in [1.165, 1.54) is 11.3 Å². The Hall–Kier alpha value is -3.25. The molecular formula is C21H17N3O2S. The molecule has 0 spiro atoms. The number of fused-ring (bicyclic) bond motifs is 1. The molecular weight excluding hydrogens is 358 g/mol. The number of ether oxygens (including phenoxy) is 1. The molecule has 1 amide bonds. The van der Waals surface area contributed by atoms with Gasteiger partial charge < -0.3 is 10.1 Å². The van der Waals surface area contributed by atoms with Gasteiger partial charge in [0.1, 0.15) is 10.8 Å². The van der Waals surface area contributed by atoms with Gasteiger partial charge >= 0.3 is 0 Å². The van der Waals surface area contributed by atoms with Crippen LogP contribution in [0, 0.1) is 0 Å². The van der Waals surface area contributed by atoms with Crippen LogP contribution in [0.15, 0.2) is 66.7 Å². The summed E-state index contributed by atoms with van der Waals surface area (Å²) in [6.07, 6.45) is 0.290. The van der Waals surface area contributed by atoms with Gasteiger partial charge in [-0.2, -0.15) is 0 Å². The first-order chi connectivity index (χ1) is 13.2. The summed E-state index contributed by atoms with van der Waals surface area (Å²) in [4.78, 5) is 12.5. The Kier molecular flexibility index (Phi) is 4.80. The van der Waals surface area contributed by atoms with Crippen LogP contribution in [0.4, 0.5) is 5.13 Å². The minimum absolute atomic E-state index is 0.108. The maximum Gasteiger partial charge on any atom is 0.230 e. The number of carbonyl (C=O) groups is 1. The van der Waals surface area contributed by atoms with Crippen molar-refractivity contribution in [3.05, 3.63) is 72.3 Å². The molecule has 0 aliphatic rings.